The van der Waals surface area contributed by atoms with Crippen LogP contribution in [0.1, 0.15) is 409 Å². The molecule has 0 aromatic rings. The van der Waals surface area contributed by atoms with E-state index in [-0.39, 0.29) is 25.7 Å². The van der Waals surface area contributed by atoms with Gasteiger partial charge in [-0.05, 0) is 49.4 Å². The topological polar surface area (TPSA) is 237 Å². The van der Waals surface area contributed by atoms with Gasteiger partial charge in [-0.15, -0.1) is 0 Å². The molecule has 0 aliphatic rings. The van der Waals surface area contributed by atoms with Crippen LogP contribution in [0.15, 0.2) is 0 Å². The Morgan fingerprint density at radius 1 is 0.283 bits per heavy atom. The van der Waals surface area contributed by atoms with Crippen molar-refractivity contribution in [2.24, 2.45) is 23.7 Å². The monoisotopic (exact) mass is 1450 g/mol. The lowest BCUT2D eigenvalue weighted by Crippen LogP contribution is -2.30. The van der Waals surface area contributed by atoms with Gasteiger partial charge in [0, 0.05) is 25.7 Å². The van der Waals surface area contributed by atoms with Gasteiger partial charge in [-0.25, -0.2) is 9.13 Å². The Kier molecular flexibility index (Phi) is 67.8. The molecule has 0 radical (unpaired) electrons. The van der Waals surface area contributed by atoms with Crippen LogP contribution in [0.3, 0.4) is 0 Å². The molecule has 4 unspecified atom stereocenters. The van der Waals surface area contributed by atoms with E-state index in [4.69, 9.17) is 37.0 Å². The molecule has 588 valence electrons. The van der Waals surface area contributed by atoms with Crippen molar-refractivity contribution in [3.8, 4) is 0 Å². The number of aliphatic hydroxyl groups is 1. The first-order valence-corrected chi connectivity index (χ1v) is 44.2. The Balaban J connectivity index is 5.20. The lowest BCUT2D eigenvalue weighted by atomic mass is 9.99. The molecule has 0 aromatic heterocycles. The van der Waals surface area contributed by atoms with Gasteiger partial charge in [-0.2, -0.15) is 0 Å². The highest BCUT2D eigenvalue weighted by Crippen LogP contribution is 2.45. The van der Waals surface area contributed by atoms with E-state index in [1.54, 1.807) is 0 Å². The highest BCUT2D eigenvalue weighted by Gasteiger charge is 2.30. The summed E-state index contributed by atoms with van der Waals surface area (Å²) in [5.41, 5.74) is 0. The first-order valence-electron chi connectivity index (χ1n) is 41.2. The minimum absolute atomic E-state index is 0.105. The number of carbonyl (C=O) groups excluding carboxylic acids is 4. The van der Waals surface area contributed by atoms with Crippen LogP contribution in [0.5, 0.6) is 0 Å². The molecule has 0 fully saturated rings. The molecule has 0 aliphatic carbocycles. The number of carbonyl (C=O) groups is 4. The molecule has 0 spiro atoms. The fourth-order valence-electron chi connectivity index (χ4n) is 12.2. The van der Waals surface area contributed by atoms with Crippen molar-refractivity contribution >= 4 is 39.5 Å². The second-order valence-electron chi connectivity index (χ2n) is 30.5. The van der Waals surface area contributed by atoms with Gasteiger partial charge in [0.25, 0.3) is 0 Å². The molecule has 3 N–H and O–H groups in total. The van der Waals surface area contributed by atoms with Gasteiger partial charge in [0.2, 0.25) is 0 Å². The molecule has 99 heavy (non-hydrogen) atoms. The number of aliphatic hydroxyl groups excluding tert-OH is 1. The standard InChI is InChI=1S/C80H156O17P2/c1-9-73(8)59-51-43-35-29-30-38-47-55-63-80(85)97-75(66-90-77(82)60-52-44-36-27-23-19-16-12-14-18-22-26-33-41-49-57-71(4)5)68-94-98(86,87)92-64-74(81)65-93-99(88,89)95-69-76(67-91-78(83)61-53-45-39-31-34-42-50-58-72(6)7)96-79(84)62-54-46-37-28-24-20-15-11-10-13-17-21-25-32-40-48-56-70(2)3/h70-76,81H,9-69H2,1-8H3,(H,86,87)(H,88,89)/t73?,74?,75-,76-/m1/s1. The number of phosphoric ester groups is 2. The number of esters is 4. The summed E-state index contributed by atoms with van der Waals surface area (Å²) in [6, 6.07) is 0. The Labute approximate surface area is 607 Å². The lowest BCUT2D eigenvalue weighted by Gasteiger charge is -2.21. The molecule has 0 rings (SSSR count). The summed E-state index contributed by atoms with van der Waals surface area (Å²) in [5, 5.41) is 10.6. The largest absolute Gasteiger partial charge is 0.472 e. The summed E-state index contributed by atoms with van der Waals surface area (Å²) >= 11 is 0. The van der Waals surface area contributed by atoms with Crippen LogP contribution in [-0.2, 0) is 65.4 Å². The molecule has 0 saturated heterocycles. The number of hydrogen-bond donors (Lipinski definition) is 3. The number of rotatable bonds is 77. The first kappa shape index (κ1) is 97.1. The van der Waals surface area contributed by atoms with Gasteiger partial charge >= 0.3 is 39.5 Å². The zero-order chi connectivity index (χ0) is 73.1. The van der Waals surface area contributed by atoms with Gasteiger partial charge in [0.15, 0.2) is 12.2 Å². The smallest absolute Gasteiger partial charge is 0.462 e. The van der Waals surface area contributed by atoms with Gasteiger partial charge in [-0.1, -0.05) is 357 Å². The Morgan fingerprint density at radius 2 is 0.485 bits per heavy atom. The molecule has 0 heterocycles. The van der Waals surface area contributed by atoms with Gasteiger partial charge < -0.3 is 33.8 Å². The SMILES string of the molecule is CCC(C)CCCCCCCCCCC(=O)O[C@H](COC(=O)CCCCCCCCCCCCCCCCCC(C)C)COP(=O)(O)OCC(O)COP(=O)(O)OC[C@@H](COC(=O)CCCCCCCCCC(C)C)OC(=O)CCCCCCCCCCCCCCCCCCC(C)C. The van der Waals surface area contributed by atoms with Crippen molar-refractivity contribution < 1.29 is 80.2 Å². The van der Waals surface area contributed by atoms with Crippen LogP contribution in [0.25, 0.3) is 0 Å². The van der Waals surface area contributed by atoms with E-state index in [1.807, 2.05) is 0 Å². The summed E-state index contributed by atoms with van der Waals surface area (Å²) in [7, 11) is -9.92. The van der Waals surface area contributed by atoms with Gasteiger partial charge in [0.05, 0.1) is 26.4 Å². The van der Waals surface area contributed by atoms with E-state index in [1.165, 1.54) is 205 Å². The summed E-state index contributed by atoms with van der Waals surface area (Å²) < 4.78 is 68.6. The van der Waals surface area contributed by atoms with Crippen LogP contribution < -0.4 is 0 Å². The molecule has 0 amide bonds. The molecular formula is C80H156O17P2. The van der Waals surface area contributed by atoms with E-state index in [2.05, 4.69) is 55.4 Å². The van der Waals surface area contributed by atoms with Crippen molar-refractivity contribution in [1.82, 2.24) is 0 Å². The molecular weight excluding hydrogens is 1290 g/mol. The lowest BCUT2D eigenvalue weighted by molar-refractivity contribution is -0.161. The summed E-state index contributed by atoms with van der Waals surface area (Å²) in [6.07, 6.45) is 55.6. The summed E-state index contributed by atoms with van der Waals surface area (Å²) in [6.45, 7) is 14.2. The third-order valence-corrected chi connectivity index (χ3v) is 20.8. The second kappa shape index (κ2) is 69.1. The molecule has 0 aliphatic heterocycles. The quantitative estimate of drug-likeness (QED) is 0.0222. The molecule has 0 aromatic carbocycles. The van der Waals surface area contributed by atoms with E-state index in [0.29, 0.717) is 31.6 Å². The first-order chi connectivity index (χ1) is 47.6. The summed E-state index contributed by atoms with van der Waals surface area (Å²) in [4.78, 5) is 73.0. The maximum atomic E-state index is 13.1. The minimum Gasteiger partial charge on any atom is -0.462 e. The Morgan fingerprint density at radius 3 is 0.717 bits per heavy atom. The number of phosphoric acid groups is 2. The number of unbranched alkanes of at least 4 members (excludes halogenated alkanes) is 42. The van der Waals surface area contributed by atoms with Crippen molar-refractivity contribution in [1.29, 1.82) is 0 Å². The molecule has 0 saturated carbocycles. The normalized spacial score (nSPS) is 14.3. The Bertz CT molecular complexity index is 1940. The fraction of sp³-hybridized carbons (Fsp3) is 0.950. The Hall–Kier alpha value is -1.94. The van der Waals surface area contributed by atoms with E-state index in [9.17, 15) is 43.2 Å². The van der Waals surface area contributed by atoms with E-state index < -0.39 is 97.5 Å². The predicted molar refractivity (Wildman–Crippen MR) is 404 cm³/mol. The molecule has 0 bridgehead atoms. The average molecular weight is 1450 g/mol. The van der Waals surface area contributed by atoms with Crippen molar-refractivity contribution in [2.75, 3.05) is 39.6 Å². The highest BCUT2D eigenvalue weighted by molar-refractivity contribution is 7.47. The highest BCUT2D eigenvalue weighted by atomic mass is 31.2. The number of hydrogen-bond acceptors (Lipinski definition) is 15. The van der Waals surface area contributed by atoms with Crippen LogP contribution in [0.4, 0.5) is 0 Å². The van der Waals surface area contributed by atoms with Gasteiger partial charge in [-0.3, -0.25) is 37.3 Å². The molecule has 19 heteroatoms. The maximum Gasteiger partial charge on any atom is 0.472 e. The molecule has 6 atom stereocenters. The minimum atomic E-state index is -4.96. The van der Waals surface area contributed by atoms with Crippen LogP contribution in [0, 0.1) is 23.7 Å². The van der Waals surface area contributed by atoms with Crippen molar-refractivity contribution in [3.63, 3.8) is 0 Å². The van der Waals surface area contributed by atoms with Crippen molar-refractivity contribution in [3.05, 3.63) is 0 Å². The number of ether oxygens (including phenoxy) is 4. The fourth-order valence-corrected chi connectivity index (χ4v) is 13.8. The molecule has 17 nitrogen and oxygen atoms in total. The average Bonchev–Trinajstić information content (AvgIpc) is 1.47. The van der Waals surface area contributed by atoms with E-state index >= 15 is 0 Å². The van der Waals surface area contributed by atoms with Crippen LogP contribution in [-0.4, -0.2) is 96.7 Å². The van der Waals surface area contributed by atoms with Crippen molar-refractivity contribution in [2.45, 2.75) is 427 Å². The third-order valence-electron chi connectivity index (χ3n) is 18.9. The van der Waals surface area contributed by atoms with Gasteiger partial charge in [0.1, 0.15) is 19.3 Å². The van der Waals surface area contributed by atoms with Crippen LogP contribution >= 0.6 is 15.6 Å². The van der Waals surface area contributed by atoms with E-state index in [0.717, 1.165) is 114 Å². The third kappa shape index (κ3) is 72.8. The zero-order valence-corrected chi connectivity index (χ0v) is 66.9. The predicted octanol–water partition coefficient (Wildman–Crippen LogP) is 23.6. The summed E-state index contributed by atoms with van der Waals surface area (Å²) in [5.74, 6) is 0.972. The maximum absolute atomic E-state index is 13.1. The zero-order valence-electron chi connectivity index (χ0n) is 65.1. The second-order valence-corrected chi connectivity index (χ2v) is 33.4. The van der Waals surface area contributed by atoms with Crippen LogP contribution in [0.2, 0.25) is 0 Å².